The van der Waals surface area contributed by atoms with Crippen LogP contribution >= 0.6 is 0 Å². The van der Waals surface area contributed by atoms with Crippen molar-refractivity contribution in [1.82, 2.24) is 19.8 Å². The first kappa shape index (κ1) is 27.0. The molecule has 216 valence electrons. The fourth-order valence-corrected chi connectivity index (χ4v) is 6.07. The van der Waals surface area contributed by atoms with Crippen molar-refractivity contribution in [2.45, 2.75) is 64.2 Å². The predicted molar refractivity (Wildman–Crippen MR) is 149 cm³/mol. The molecule has 11 heteroatoms. The Morgan fingerprint density at radius 2 is 1.82 bits per heavy atom. The van der Waals surface area contributed by atoms with Crippen molar-refractivity contribution in [2.75, 3.05) is 62.7 Å². The van der Waals surface area contributed by atoms with E-state index in [0.717, 1.165) is 56.0 Å². The number of halogens is 1. The zero-order chi connectivity index (χ0) is 28.0. The maximum Gasteiger partial charge on any atom is 0.410 e. The summed E-state index contributed by atoms with van der Waals surface area (Å²) in [6, 6.07) is 4.00. The van der Waals surface area contributed by atoms with Gasteiger partial charge in [0.25, 0.3) is 0 Å². The molecule has 0 radical (unpaired) electrons. The summed E-state index contributed by atoms with van der Waals surface area (Å²) in [5.41, 5.74) is 1.91. The number of ether oxygens (including phenoxy) is 3. The number of fused-ring (bicyclic) bond motifs is 2. The molecule has 1 atom stereocenters. The van der Waals surface area contributed by atoms with Gasteiger partial charge in [-0.2, -0.15) is 0 Å². The van der Waals surface area contributed by atoms with Gasteiger partial charge in [-0.3, -0.25) is 4.90 Å². The molecular formula is C29H39FN6O4. The van der Waals surface area contributed by atoms with E-state index in [0.29, 0.717) is 43.9 Å². The number of amides is 1. The van der Waals surface area contributed by atoms with E-state index in [-0.39, 0.29) is 23.6 Å². The number of carbonyl (C=O) groups is 1. The molecule has 0 saturated carbocycles. The van der Waals surface area contributed by atoms with Gasteiger partial charge < -0.3 is 29.3 Å². The van der Waals surface area contributed by atoms with Gasteiger partial charge in [0, 0.05) is 32.2 Å². The van der Waals surface area contributed by atoms with E-state index in [1.807, 2.05) is 33.8 Å². The van der Waals surface area contributed by atoms with Crippen LogP contribution in [0.5, 0.6) is 5.75 Å². The lowest BCUT2D eigenvalue weighted by Gasteiger charge is -2.47. The molecule has 0 spiro atoms. The van der Waals surface area contributed by atoms with E-state index < -0.39 is 11.7 Å². The zero-order valence-electron chi connectivity index (χ0n) is 23.8. The Labute approximate surface area is 234 Å². The molecule has 5 heterocycles. The van der Waals surface area contributed by atoms with E-state index in [1.54, 1.807) is 17.3 Å². The van der Waals surface area contributed by atoms with E-state index >= 15 is 4.39 Å². The van der Waals surface area contributed by atoms with E-state index in [2.05, 4.69) is 25.1 Å². The molecule has 10 nitrogen and oxygen atoms in total. The minimum Gasteiger partial charge on any atom is -0.480 e. The van der Waals surface area contributed by atoms with Crippen molar-refractivity contribution < 1.29 is 23.4 Å². The van der Waals surface area contributed by atoms with Crippen LogP contribution in [-0.4, -0.2) is 90.0 Å². The Bertz CT molecular complexity index is 1250. The summed E-state index contributed by atoms with van der Waals surface area (Å²) in [6.45, 7) is 13.5. The quantitative estimate of drug-likeness (QED) is 0.591. The summed E-state index contributed by atoms with van der Waals surface area (Å²) < 4.78 is 32.7. The molecule has 2 aromatic rings. The van der Waals surface area contributed by atoms with Gasteiger partial charge in [-0.15, -0.1) is 0 Å². The number of hydrogen-bond acceptors (Lipinski definition) is 9. The third-order valence-electron chi connectivity index (χ3n) is 8.22. The second-order valence-corrected chi connectivity index (χ2v) is 12.2. The Balaban J connectivity index is 1.13. The van der Waals surface area contributed by atoms with Crippen LogP contribution < -0.4 is 15.0 Å². The molecule has 1 N–H and O–H groups in total. The SMILES string of the molecule is C[C@@H]1Oc2c(F)cc(C3CCN(C4CN(C(=O)OC(C)(C)C)C4)CC3)cc2Nc2ncnc(N3CCOCC3)c21. The van der Waals surface area contributed by atoms with Crippen LogP contribution in [0.2, 0.25) is 0 Å². The first-order valence-corrected chi connectivity index (χ1v) is 14.3. The van der Waals surface area contributed by atoms with Crippen LogP contribution in [0.25, 0.3) is 0 Å². The molecule has 1 aromatic carbocycles. The lowest BCUT2D eigenvalue weighted by atomic mass is 9.87. The molecule has 0 aliphatic carbocycles. The predicted octanol–water partition coefficient (Wildman–Crippen LogP) is 4.45. The number of carbonyl (C=O) groups excluding carboxylic acids is 1. The van der Waals surface area contributed by atoms with Gasteiger partial charge in [0.15, 0.2) is 11.6 Å². The minimum absolute atomic E-state index is 0.219. The van der Waals surface area contributed by atoms with Crippen LogP contribution in [-0.2, 0) is 9.47 Å². The summed E-state index contributed by atoms with van der Waals surface area (Å²) >= 11 is 0. The van der Waals surface area contributed by atoms with Crippen molar-refractivity contribution in [3.05, 3.63) is 35.4 Å². The number of morpholine rings is 1. The van der Waals surface area contributed by atoms with Gasteiger partial charge in [-0.05, 0) is 77.2 Å². The van der Waals surface area contributed by atoms with Gasteiger partial charge in [-0.25, -0.2) is 19.2 Å². The fraction of sp³-hybridized carbons (Fsp3) is 0.621. The Hall–Kier alpha value is -3.18. The largest absolute Gasteiger partial charge is 0.480 e. The highest BCUT2D eigenvalue weighted by Gasteiger charge is 2.39. The minimum atomic E-state index is -0.484. The topological polar surface area (TPSA) is 92.3 Å². The molecule has 6 rings (SSSR count). The van der Waals surface area contributed by atoms with Crippen LogP contribution in [0.1, 0.15) is 63.7 Å². The van der Waals surface area contributed by atoms with Crippen LogP contribution in [0, 0.1) is 5.82 Å². The number of benzene rings is 1. The smallest absolute Gasteiger partial charge is 0.410 e. The summed E-state index contributed by atoms with van der Waals surface area (Å²) in [4.78, 5) is 27.8. The number of nitrogens with zero attached hydrogens (tertiary/aromatic N) is 5. The van der Waals surface area contributed by atoms with Gasteiger partial charge in [0.1, 0.15) is 29.7 Å². The second kappa shape index (κ2) is 10.7. The number of anilines is 3. The summed E-state index contributed by atoms with van der Waals surface area (Å²) in [7, 11) is 0. The van der Waals surface area contributed by atoms with E-state index in [9.17, 15) is 4.79 Å². The maximum atomic E-state index is 15.5. The number of likely N-dealkylation sites (tertiary alicyclic amines) is 2. The molecule has 0 unspecified atom stereocenters. The average Bonchev–Trinajstić information content (AvgIpc) is 3.04. The van der Waals surface area contributed by atoms with Gasteiger partial charge in [0.05, 0.1) is 24.5 Å². The molecule has 40 heavy (non-hydrogen) atoms. The average molecular weight is 555 g/mol. The van der Waals surface area contributed by atoms with Crippen molar-refractivity contribution in [3.8, 4) is 5.75 Å². The first-order valence-electron chi connectivity index (χ1n) is 14.3. The number of hydrogen-bond donors (Lipinski definition) is 1. The lowest BCUT2D eigenvalue weighted by molar-refractivity contribution is -0.0196. The van der Waals surface area contributed by atoms with Crippen molar-refractivity contribution in [1.29, 1.82) is 0 Å². The number of rotatable bonds is 3. The third-order valence-corrected chi connectivity index (χ3v) is 8.22. The highest BCUT2D eigenvalue weighted by atomic mass is 19.1. The molecular weight excluding hydrogens is 515 g/mol. The van der Waals surface area contributed by atoms with Gasteiger partial charge >= 0.3 is 6.09 Å². The van der Waals surface area contributed by atoms with Crippen LogP contribution in [0.15, 0.2) is 18.5 Å². The summed E-state index contributed by atoms with van der Waals surface area (Å²) in [5.74, 6) is 1.55. The van der Waals surface area contributed by atoms with E-state index in [4.69, 9.17) is 14.2 Å². The van der Waals surface area contributed by atoms with Gasteiger partial charge in [-0.1, -0.05) is 0 Å². The summed E-state index contributed by atoms with van der Waals surface area (Å²) in [5, 5.41) is 3.38. The normalized spacial score (nSPS) is 22.4. The second-order valence-electron chi connectivity index (χ2n) is 12.2. The number of aromatic nitrogens is 2. The molecule has 1 aromatic heterocycles. The maximum absolute atomic E-state index is 15.5. The van der Waals surface area contributed by atoms with Crippen molar-refractivity contribution >= 4 is 23.4 Å². The number of nitrogens with one attached hydrogen (secondary N) is 1. The molecule has 1 amide bonds. The zero-order valence-corrected chi connectivity index (χ0v) is 23.8. The number of piperidine rings is 1. The standard InChI is InChI=1S/C29H39FN6O4/c1-18-24-26(31-17-32-27(24)35-9-11-38-12-10-35)33-23-14-20(13-22(30)25(23)39-18)19-5-7-34(8-6-19)21-15-36(16-21)28(37)40-29(2,3)4/h13-14,17-19,21H,5-12,15-16H2,1-4H3,(H,31,32,33)/t18-/m0/s1. The summed E-state index contributed by atoms with van der Waals surface area (Å²) in [6.07, 6.45) is 2.74. The highest BCUT2D eigenvalue weighted by Crippen LogP contribution is 2.44. The van der Waals surface area contributed by atoms with E-state index in [1.165, 1.54) is 0 Å². The third kappa shape index (κ3) is 5.41. The van der Waals surface area contributed by atoms with Crippen molar-refractivity contribution in [2.24, 2.45) is 0 Å². The monoisotopic (exact) mass is 554 g/mol. The van der Waals surface area contributed by atoms with Crippen LogP contribution in [0.4, 0.5) is 26.5 Å². The Morgan fingerprint density at radius 3 is 2.52 bits per heavy atom. The molecule has 4 aliphatic heterocycles. The lowest BCUT2D eigenvalue weighted by Crippen LogP contribution is -2.62. The molecule has 3 fully saturated rings. The Kier molecular flexibility index (Phi) is 7.20. The van der Waals surface area contributed by atoms with Crippen LogP contribution in [0.3, 0.4) is 0 Å². The highest BCUT2D eigenvalue weighted by molar-refractivity contribution is 5.73. The molecule has 0 bridgehead atoms. The van der Waals surface area contributed by atoms with Gasteiger partial charge in [0.2, 0.25) is 0 Å². The Morgan fingerprint density at radius 1 is 1.10 bits per heavy atom. The molecule has 4 aliphatic rings. The first-order chi connectivity index (χ1) is 19.2. The fourth-order valence-electron chi connectivity index (χ4n) is 6.07. The molecule has 3 saturated heterocycles. The van der Waals surface area contributed by atoms with Crippen molar-refractivity contribution in [3.63, 3.8) is 0 Å².